The molecule has 4 N–H and O–H groups in total. The van der Waals surface area contributed by atoms with E-state index in [4.69, 9.17) is 40.0 Å². The minimum absolute atomic E-state index is 0.0335. The molecule has 1 heterocycles. The number of nitrogens with zero attached hydrogens (tertiary/aromatic N) is 5. The van der Waals surface area contributed by atoms with Crippen LogP contribution in [0.2, 0.25) is 0 Å². The van der Waals surface area contributed by atoms with E-state index in [2.05, 4.69) is 14.9 Å². The number of methoxy groups -OCH3 is 1. The summed E-state index contributed by atoms with van der Waals surface area (Å²) in [7, 11) is 1.82. The predicted octanol–water partition coefficient (Wildman–Crippen LogP) is 6.47. The van der Waals surface area contributed by atoms with Crippen molar-refractivity contribution in [3.63, 3.8) is 0 Å². The van der Waals surface area contributed by atoms with Crippen LogP contribution in [0.25, 0.3) is 22.2 Å². The van der Waals surface area contributed by atoms with Crippen LogP contribution >= 0.6 is 0 Å². The normalized spacial score (nSPS) is 13.2. The van der Waals surface area contributed by atoms with Crippen molar-refractivity contribution in [1.29, 1.82) is 0 Å². The average molecular weight is 856 g/mol. The molecule has 19 heteroatoms. The zero-order valence-corrected chi connectivity index (χ0v) is 34.5. The molecule has 1 aliphatic rings. The topological polar surface area (TPSA) is 244 Å². The number of aromatic nitrogens is 2. The number of amidine groups is 1. The van der Waals surface area contributed by atoms with Crippen LogP contribution < -0.4 is 21.1 Å². The molecule has 62 heavy (non-hydrogen) atoms. The lowest BCUT2D eigenvalue weighted by atomic mass is 9.98. The summed E-state index contributed by atoms with van der Waals surface area (Å²) in [6, 6.07) is 26.1. The predicted molar refractivity (Wildman–Crippen MR) is 225 cm³/mol. The maximum Gasteiger partial charge on any atom is 0.515 e. The number of ether oxygens (including phenoxy) is 6. The molecular weight excluding hydrogens is 807 g/mol. The van der Waals surface area contributed by atoms with E-state index < -0.39 is 30.2 Å². The number of fused-ring (bicyclic) bond motifs is 1. The van der Waals surface area contributed by atoms with E-state index in [0.29, 0.717) is 40.9 Å². The Morgan fingerprint density at radius 2 is 1.73 bits per heavy atom. The van der Waals surface area contributed by atoms with Gasteiger partial charge in [0.25, 0.3) is 17.6 Å². The molecule has 1 fully saturated rings. The van der Waals surface area contributed by atoms with Crippen LogP contribution in [0.5, 0.6) is 11.8 Å². The van der Waals surface area contributed by atoms with Gasteiger partial charge in [-0.2, -0.15) is 10.1 Å². The van der Waals surface area contributed by atoms with Gasteiger partial charge >= 0.3 is 12.1 Å². The molecule has 0 radical (unpaired) electrons. The Morgan fingerprint density at radius 3 is 2.42 bits per heavy atom. The zero-order valence-electron chi connectivity index (χ0n) is 34.5. The first kappa shape index (κ1) is 45.8. The highest BCUT2D eigenvalue weighted by molar-refractivity contribution is 6.03. The standard InChI is InChI=1S/C36H35N7O11.C7H14O/c1-3-49-35-39-31-13-7-12-30(34(45)53-23(2)51-22-44)32(31)41(35)19-24-14-16-26(17-15-24)28-10-4-5-11-29(28)33(37)40-42(38)21-50-36(46)54-27-9-6-8-25(18-27)20-52-43(47)48;1-8-7-5-3-2-4-6-7/h4-18,22-23H,3,19-21,38H2,1-2H3,(H2,37,40);7H,2-6H2,1H3. The van der Waals surface area contributed by atoms with E-state index in [1.165, 1.54) is 57.2 Å². The average Bonchev–Trinajstić information content (AvgIpc) is 3.62. The molecule has 0 amide bonds. The first-order valence-corrected chi connectivity index (χ1v) is 19.7. The molecule has 0 aliphatic heterocycles. The van der Waals surface area contributed by atoms with Gasteiger partial charge in [-0.3, -0.25) is 9.36 Å². The Kier molecular flexibility index (Phi) is 17.0. The molecule has 1 unspecified atom stereocenters. The Morgan fingerprint density at radius 1 is 1.00 bits per heavy atom. The van der Waals surface area contributed by atoms with Crippen LogP contribution in [-0.2, 0) is 41.7 Å². The number of carbonyl (C=O) groups is 3. The number of esters is 1. The van der Waals surface area contributed by atoms with Crippen LogP contribution in [0.3, 0.4) is 0 Å². The molecule has 6 rings (SSSR count). The van der Waals surface area contributed by atoms with Crippen molar-refractivity contribution in [2.75, 3.05) is 20.4 Å². The number of carbonyl (C=O) groups excluding carboxylic acids is 3. The number of hydrazine groups is 1. The van der Waals surface area contributed by atoms with Gasteiger partial charge in [-0.25, -0.2) is 15.4 Å². The molecule has 0 bridgehead atoms. The second kappa shape index (κ2) is 22.9. The third kappa shape index (κ3) is 13.1. The van der Waals surface area contributed by atoms with Crippen LogP contribution in [0.1, 0.15) is 73.0 Å². The van der Waals surface area contributed by atoms with Gasteiger partial charge in [-0.05, 0) is 66.3 Å². The van der Waals surface area contributed by atoms with E-state index in [-0.39, 0.29) is 36.8 Å². The SMILES string of the molecule is CCOc1nc2cccc(C(=O)OC(C)OC=O)c2n1Cc1ccc(-c2ccccc2/C(N)=N/N(N)COC(=O)Oc2cccc(CO[N+](=O)[O-])c2)cc1.COC1CCCCC1. The van der Waals surface area contributed by atoms with E-state index in [1.54, 1.807) is 41.0 Å². The fraction of sp³-hybridized carbons (Fsp3) is 0.326. The highest BCUT2D eigenvalue weighted by Gasteiger charge is 2.22. The van der Waals surface area contributed by atoms with Crippen LogP contribution in [0.4, 0.5) is 4.79 Å². The third-order valence-corrected chi connectivity index (χ3v) is 9.43. The van der Waals surface area contributed by atoms with E-state index >= 15 is 0 Å². The molecule has 0 spiro atoms. The first-order chi connectivity index (χ1) is 30.0. The molecule has 1 aliphatic carbocycles. The lowest BCUT2D eigenvalue weighted by Gasteiger charge is -2.19. The lowest BCUT2D eigenvalue weighted by molar-refractivity contribution is -0.763. The molecule has 0 saturated heterocycles. The van der Waals surface area contributed by atoms with Gasteiger partial charge in [0.15, 0.2) is 12.6 Å². The lowest BCUT2D eigenvalue weighted by Crippen LogP contribution is -2.33. The number of para-hydroxylation sites is 1. The fourth-order valence-corrected chi connectivity index (χ4v) is 6.56. The first-order valence-electron chi connectivity index (χ1n) is 19.7. The van der Waals surface area contributed by atoms with Crippen LogP contribution in [0.15, 0.2) is 96.1 Å². The Labute approximate surface area is 357 Å². The van der Waals surface area contributed by atoms with Gasteiger partial charge in [0.2, 0.25) is 6.29 Å². The van der Waals surface area contributed by atoms with Gasteiger partial charge < -0.3 is 39.0 Å². The van der Waals surface area contributed by atoms with Crippen molar-refractivity contribution in [2.24, 2.45) is 16.7 Å². The molecule has 1 atom stereocenters. The highest BCUT2D eigenvalue weighted by atomic mass is 16.9. The summed E-state index contributed by atoms with van der Waals surface area (Å²) in [5.74, 6) is 5.36. The van der Waals surface area contributed by atoms with E-state index in [1.807, 2.05) is 50.4 Å². The third-order valence-electron chi connectivity index (χ3n) is 9.43. The van der Waals surface area contributed by atoms with Gasteiger partial charge in [0, 0.05) is 19.6 Å². The molecule has 5 aromatic rings. The highest BCUT2D eigenvalue weighted by Crippen LogP contribution is 2.29. The van der Waals surface area contributed by atoms with Gasteiger partial charge in [-0.1, -0.05) is 86.0 Å². The molecule has 328 valence electrons. The van der Waals surface area contributed by atoms with E-state index in [0.717, 1.165) is 21.8 Å². The Balaban J connectivity index is 0.000000814. The van der Waals surface area contributed by atoms with Crippen molar-refractivity contribution >= 4 is 35.5 Å². The number of hydrogen-bond acceptors (Lipinski definition) is 16. The number of benzene rings is 4. The largest absolute Gasteiger partial charge is 0.515 e. The van der Waals surface area contributed by atoms with Gasteiger partial charge in [0.1, 0.15) is 12.4 Å². The van der Waals surface area contributed by atoms with Crippen molar-refractivity contribution in [2.45, 2.75) is 71.5 Å². The van der Waals surface area contributed by atoms with Gasteiger partial charge in [0.05, 0.1) is 35.9 Å². The second-order valence-electron chi connectivity index (χ2n) is 13.7. The molecule has 1 saturated carbocycles. The Bertz CT molecular complexity index is 2310. The molecule has 19 nitrogen and oxygen atoms in total. The minimum Gasteiger partial charge on any atom is -0.465 e. The molecule has 4 aromatic carbocycles. The quantitative estimate of drug-likeness (QED) is 0.0110. The summed E-state index contributed by atoms with van der Waals surface area (Å²) in [6.45, 7) is 3.25. The van der Waals surface area contributed by atoms with Crippen molar-refractivity contribution in [3.8, 4) is 22.9 Å². The number of rotatable bonds is 18. The Hall–Kier alpha value is -7.25. The van der Waals surface area contributed by atoms with Crippen LogP contribution in [0, 0.1) is 10.1 Å². The number of hydrogen-bond donors (Lipinski definition) is 2. The van der Waals surface area contributed by atoms with Crippen molar-refractivity contribution < 1.29 is 52.7 Å². The summed E-state index contributed by atoms with van der Waals surface area (Å²) in [6.07, 6.45) is 5.14. The molecular formula is C43H49N7O12. The molecule has 1 aromatic heterocycles. The smallest absolute Gasteiger partial charge is 0.465 e. The number of imidazole rings is 1. The summed E-state index contributed by atoms with van der Waals surface area (Å²) < 4.78 is 32.9. The summed E-state index contributed by atoms with van der Waals surface area (Å²) in [4.78, 5) is 55.4. The van der Waals surface area contributed by atoms with Gasteiger partial charge in [-0.15, -0.1) is 15.2 Å². The second-order valence-corrected chi connectivity index (χ2v) is 13.7. The number of hydrazone groups is 1. The zero-order chi connectivity index (χ0) is 44.4. The number of nitrogens with two attached hydrogens (primary N) is 2. The van der Waals surface area contributed by atoms with Crippen molar-refractivity contribution in [3.05, 3.63) is 123 Å². The van der Waals surface area contributed by atoms with Crippen LogP contribution in [-0.4, -0.2) is 77.0 Å². The minimum atomic E-state index is -1.10. The monoisotopic (exact) mass is 855 g/mol. The summed E-state index contributed by atoms with van der Waals surface area (Å²) in [5.41, 5.74) is 10.9. The maximum absolute atomic E-state index is 13.1. The summed E-state index contributed by atoms with van der Waals surface area (Å²) >= 11 is 0. The summed E-state index contributed by atoms with van der Waals surface area (Å²) in [5, 5.41) is 14.5. The van der Waals surface area contributed by atoms with E-state index in [9.17, 15) is 24.5 Å². The maximum atomic E-state index is 13.1. The fourth-order valence-electron chi connectivity index (χ4n) is 6.56. The van der Waals surface area contributed by atoms with Crippen molar-refractivity contribution in [1.82, 2.24) is 14.7 Å².